The van der Waals surface area contributed by atoms with Crippen molar-refractivity contribution in [2.75, 3.05) is 13.7 Å². The molecule has 0 aliphatic heterocycles. The molecule has 0 unspecified atom stereocenters. The first-order chi connectivity index (χ1) is 9.69. The van der Waals surface area contributed by atoms with E-state index in [1.807, 2.05) is 25.4 Å². The quantitative estimate of drug-likeness (QED) is 0.846. The molecule has 0 aliphatic carbocycles. The van der Waals surface area contributed by atoms with Crippen LogP contribution in [-0.4, -0.2) is 18.6 Å². The molecule has 0 saturated carbocycles. The fourth-order valence-corrected chi connectivity index (χ4v) is 2.84. The van der Waals surface area contributed by atoms with E-state index in [4.69, 9.17) is 4.74 Å². The molecule has 3 nitrogen and oxygen atoms in total. The molecule has 0 saturated heterocycles. The van der Waals surface area contributed by atoms with Gasteiger partial charge in [-0.05, 0) is 30.7 Å². The number of thiazole rings is 1. The summed E-state index contributed by atoms with van der Waals surface area (Å²) in [6, 6.07) is 8.36. The van der Waals surface area contributed by atoms with Gasteiger partial charge in [-0.3, -0.25) is 0 Å². The van der Waals surface area contributed by atoms with Crippen molar-refractivity contribution < 1.29 is 4.74 Å². The van der Waals surface area contributed by atoms with Crippen molar-refractivity contribution in [2.45, 2.75) is 32.7 Å². The monoisotopic (exact) mass is 290 g/mol. The molecular weight excluding hydrogens is 268 g/mol. The van der Waals surface area contributed by atoms with E-state index in [-0.39, 0.29) is 0 Å². The van der Waals surface area contributed by atoms with Crippen LogP contribution in [-0.2, 0) is 13.0 Å². The number of benzene rings is 1. The molecule has 0 radical (unpaired) electrons. The average Bonchev–Trinajstić information content (AvgIpc) is 2.87. The molecule has 0 fully saturated rings. The first kappa shape index (κ1) is 15.0. The van der Waals surface area contributed by atoms with Gasteiger partial charge in [-0.1, -0.05) is 26.0 Å². The molecule has 1 aromatic carbocycles. The van der Waals surface area contributed by atoms with Crippen LogP contribution >= 0.6 is 11.3 Å². The number of rotatable bonds is 7. The minimum atomic E-state index is 0.560. The minimum Gasteiger partial charge on any atom is -0.493 e. The average molecular weight is 290 g/mol. The van der Waals surface area contributed by atoms with Crippen LogP contribution in [0.2, 0.25) is 0 Å². The van der Waals surface area contributed by atoms with Gasteiger partial charge in [0.2, 0.25) is 0 Å². The molecule has 0 spiro atoms. The lowest BCUT2D eigenvalue weighted by Gasteiger charge is -2.08. The van der Waals surface area contributed by atoms with Crippen LogP contribution < -0.4 is 10.1 Å². The van der Waals surface area contributed by atoms with Crippen LogP contribution in [0.1, 0.15) is 35.2 Å². The number of aromatic nitrogens is 1. The molecule has 2 aromatic rings. The zero-order chi connectivity index (χ0) is 14.4. The van der Waals surface area contributed by atoms with Crippen LogP contribution in [0.25, 0.3) is 0 Å². The van der Waals surface area contributed by atoms with Crippen LogP contribution in [0.3, 0.4) is 0 Å². The number of nitrogens with one attached hydrogen (secondary N) is 1. The maximum Gasteiger partial charge on any atom is 0.119 e. The summed E-state index contributed by atoms with van der Waals surface area (Å²) in [5.41, 5.74) is 1.34. The first-order valence-electron chi connectivity index (χ1n) is 7.00. The van der Waals surface area contributed by atoms with E-state index < -0.39 is 0 Å². The van der Waals surface area contributed by atoms with Crippen molar-refractivity contribution >= 4 is 11.3 Å². The van der Waals surface area contributed by atoms with Crippen LogP contribution in [0.15, 0.2) is 30.5 Å². The number of hydrogen-bond acceptors (Lipinski definition) is 4. The predicted octanol–water partition coefficient (Wildman–Crippen LogP) is 3.61. The molecule has 20 heavy (non-hydrogen) atoms. The summed E-state index contributed by atoms with van der Waals surface area (Å²) in [5.74, 6) is 1.49. The lowest BCUT2D eigenvalue weighted by Crippen LogP contribution is -2.02. The van der Waals surface area contributed by atoms with Gasteiger partial charge in [0.15, 0.2) is 0 Å². The number of hydrogen-bond donors (Lipinski definition) is 1. The molecule has 0 atom stereocenters. The van der Waals surface area contributed by atoms with Gasteiger partial charge in [-0.15, -0.1) is 11.3 Å². The van der Waals surface area contributed by atoms with E-state index in [1.54, 1.807) is 11.3 Å². The maximum absolute atomic E-state index is 5.76. The highest BCUT2D eigenvalue weighted by atomic mass is 32.1. The normalized spacial score (nSPS) is 11.0. The molecule has 4 heteroatoms. The number of nitrogens with zero attached hydrogens (tertiary/aromatic N) is 1. The van der Waals surface area contributed by atoms with E-state index in [0.29, 0.717) is 12.5 Å². The highest BCUT2D eigenvalue weighted by Crippen LogP contribution is 2.19. The summed E-state index contributed by atoms with van der Waals surface area (Å²) < 4.78 is 5.76. The second-order valence-corrected chi connectivity index (χ2v) is 6.27. The standard InChI is InChI=1S/C16H22N2OS/c1-12(2)13-4-6-14(7-5-13)19-9-8-16-18-11-15(20-16)10-17-3/h4-7,11-12,17H,8-10H2,1-3H3. The molecule has 2 rings (SSSR count). The third-order valence-electron chi connectivity index (χ3n) is 3.08. The third kappa shape index (κ3) is 4.32. The molecule has 1 aromatic heterocycles. The van der Waals surface area contributed by atoms with Gasteiger partial charge in [0.05, 0.1) is 11.6 Å². The largest absolute Gasteiger partial charge is 0.493 e. The Morgan fingerprint density at radius 1 is 1.25 bits per heavy atom. The van der Waals surface area contributed by atoms with E-state index in [1.165, 1.54) is 10.4 Å². The Morgan fingerprint density at radius 2 is 2.00 bits per heavy atom. The minimum absolute atomic E-state index is 0.560. The van der Waals surface area contributed by atoms with E-state index in [2.05, 4.69) is 36.3 Å². The molecule has 0 aliphatic rings. The van der Waals surface area contributed by atoms with Gasteiger partial charge in [-0.25, -0.2) is 4.98 Å². The Labute approximate surface area is 125 Å². The van der Waals surface area contributed by atoms with Gasteiger partial charge in [0, 0.05) is 24.0 Å². The predicted molar refractivity (Wildman–Crippen MR) is 84.6 cm³/mol. The van der Waals surface area contributed by atoms with E-state index >= 15 is 0 Å². The Kier molecular flexibility index (Phi) is 5.56. The van der Waals surface area contributed by atoms with E-state index in [0.717, 1.165) is 23.7 Å². The Morgan fingerprint density at radius 3 is 2.65 bits per heavy atom. The Balaban J connectivity index is 1.79. The molecule has 0 bridgehead atoms. The number of ether oxygens (including phenoxy) is 1. The lowest BCUT2D eigenvalue weighted by molar-refractivity contribution is 0.321. The maximum atomic E-state index is 5.76. The summed E-state index contributed by atoms with van der Waals surface area (Å²) in [5, 5.41) is 4.27. The first-order valence-corrected chi connectivity index (χ1v) is 7.81. The van der Waals surface area contributed by atoms with Crippen molar-refractivity contribution in [2.24, 2.45) is 0 Å². The second-order valence-electron chi connectivity index (χ2n) is 5.07. The fraction of sp³-hybridized carbons (Fsp3) is 0.438. The van der Waals surface area contributed by atoms with Crippen molar-refractivity contribution in [1.82, 2.24) is 10.3 Å². The van der Waals surface area contributed by atoms with Crippen molar-refractivity contribution in [3.63, 3.8) is 0 Å². The molecular formula is C16H22N2OS. The fourth-order valence-electron chi connectivity index (χ4n) is 1.92. The Bertz CT molecular complexity index is 520. The summed E-state index contributed by atoms with van der Waals surface area (Å²) in [6.45, 7) is 5.95. The zero-order valence-electron chi connectivity index (χ0n) is 12.3. The van der Waals surface area contributed by atoms with Crippen molar-refractivity contribution in [3.05, 3.63) is 45.9 Å². The highest BCUT2D eigenvalue weighted by Gasteiger charge is 2.03. The highest BCUT2D eigenvalue weighted by molar-refractivity contribution is 7.11. The molecule has 1 heterocycles. The van der Waals surface area contributed by atoms with Gasteiger partial charge >= 0.3 is 0 Å². The lowest BCUT2D eigenvalue weighted by atomic mass is 10.0. The second kappa shape index (κ2) is 7.41. The summed E-state index contributed by atoms with van der Waals surface area (Å²) >= 11 is 1.75. The Hall–Kier alpha value is -1.39. The summed E-state index contributed by atoms with van der Waals surface area (Å²) in [4.78, 5) is 5.67. The molecule has 108 valence electrons. The van der Waals surface area contributed by atoms with Gasteiger partial charge < -0.3 is 10.1 Å². The smallest absolute Gasteiger partial charge is 0.119 e. The van der Waals surface area contributed by atoms with E-state index in [9.17, 15) is 0 Å². The summed E-state index contributed by atoms with van der Waals surface area (Å²) in [6.07, 6.45) is 2.80. The van der Waals surface area contributed by atoms with Gasteiger partial charge in [-0.2, -0.15) is 0 Å². The summed E-state index contributed by atoms with van der Waals surface area (Å²) in [7, 11) is 1.95. The SMILES string of the molecule is CNCc1cnc(CCOc2ccc(C(C)C)cc2)s1. The topological polar surface area (TPSA) is 34.2 Å². The van der Waals surface area contributed by atoms with Crippen molar-refractivity contribution in [1.29, 1.82) is 0 Å². The zero-order valence-corrected chi connectivity index (χ0v) is 13.2. The van der Waals surface area contributed by atoms with Gasteiger partial charge in [0.1, 0.15) is 5.75 Å². The van der Waals surface area contributed by atoms with Crippen LogP contribution in [0, 0.1) is 0 Å². The van der Waals surface area contributed by atoms with Crippen molar-refractivity contribution in [3.8, 4) is 5.75 Å². The van der Waals surface area contributed by atoms with Crippen LogP contribution in [0.5, 0.6) is 5.75 Å². The molecule has 1 N–H and O–H groups in total. The van der Waals surface area contributed by atoms with Gasteiger partial charge in [0.25, 0.3) is 0 Å². The van der Waals surface area contributed by atoms with Crippen LogP contribution in [0.4, 0.5) is 0 Å². The molecule has 0 amide bonds. The third-order valence-corrected chi connectivity index (χ3v) is 4.14.